The molecule has 4 aromatic rings. The normalized spacial score (nSPS) is 21.4. The van der Waals surface area contributed by atoms with Crippen LogP contribution in [0.25, 0.3) is 16.9 Å². The van der Waals surface area contributed by atoms with Crippen LogP contribution in [0.3, 0.4) is 0 Å². The van der Waals surface area contributed by atoms with Gasteiger partial charge < -0.3 is 9.88 Å². The van der Waals surface area contributed by atoms with E-state index in [-0.39, 0.29) is 34.3 Å². The zero-order valence-corrected chi connectivity index (χ0v) is 19.5. The standard InChI is InChI=1S/C25H18F4N6O3/c26-17-8-16-19(34(10-25(27,28)29)22(37)24(16)1-2-24)7-13(17)11-5-12(11)14-6-18(33-35-4-3-30-20(14)35)15-9-31-23(38)32-21(15)36/h3-4,6-9,11-12H,1-2,5,10H2,(H2,31,32,36,38)/t11-,12?/m0/s1. The van der Waals surface area contributed by atoms with Crippen molar-refractivity contribution in [1.82, 2.24) is 24.6 Å². The van der Waals surface area contributed by atoms with Crippen LogP contribution in [0.5, 0.6) is 0 Å². The zero-order chi connectivity index (χ0) is 26.6. The summed E-state index contributed by atoms with van der Waals surface area (Å²) in [5.74, 6) is -1.81. The number of fused-ring (bicyclic) bond motifs is 3. The number of nitrogens with zero attached hydrogens (tertiary/aromatic N) is 4. The number of aromatic amines is 2. The van der Waals surface area contributed by atoms with Crippen molar-refractivity contribution in [2.75, 3.05) is 11.4 Å². The average molecular weight is 526 g/mol. The second-order valence-electron chi connectivity index (χ2n) is 10.1. The SMILES string of the molecule is O=C1N(CC(F)(F)F)c2cc([C@H]3CC3c3cc(-c4c[nH]c(=O)[nH]c4=O)nn4ccnc34)c(F)cc2C12CC2. The number of alkyl halides is 3. The van der Waals surface area contributed by atoms with E-state index in [0.717, 1.165) is 4.90 Å². The summed E-state index contributed by atoms with van der Waals surface area (Å²) in [6.07, 6.45) is 1.06. The first kappa shape index (κ1) is 22.9. The van der Waals surface area contributed by atoms with E-state index < -0.39 is 41.1 Å². The summed E-state index contributed by atoms with van der Waals surface area (Å²) in [7, 11) is 0. The van der Waals surface area contributed by atoms with Gasteiger partial charge in [0.05, 0.1) is 16.7 Å². The van der Waals surface area contributed by atoms with Crippen molar-refractivity contribution in [3.8, 4) is 11.3 Å². The molecule has 9 nitrogen and oxygen atoms in total. The molecule has 2 N–H and O–H groups in total. The number of carbonyl (C=O) groups is 1. The topological polar surface area (TPSA) is 116 Å². The molecule has 13 heteroatoms. The Morgan fingerprint density at radius 1 is 1.08 bits per heavy atom. The molecule has 1 amide bonds. The maximum Gasteiger partial charge on any atom is 0.406 e. The monoisotopic (exact) mass is 526 g/mol. The van der Waals surface area contributed by atoms with Crippen LogP contribution in [0, 0.1) is 5.82 Å². The number of hydrogen-bond acceptors (Lipinski definition) is 5. The van der Waals surface area contributed by atoms with Crippen LogP contribution in [0.15, 0.2) is 46.4 Å². The highest BCUT2D eigenvalue weighted by Crippen LogP contribution is 2.61. The molecule has 194 valence electrons. The van der Waals surface area contributed by atoms with Crippen LogP contribution in [0.4, 0.5) is 23.2 Å². The Kier molecular flexibility index (Phi) is 4.45. The van der Waals surface area contributed by atoms with Crippen molar-refractivity contribution in [1.29, 1.82) is 0 Å². The van der Waals surface area contributed by atoms with E-state index in [1.807, 2.05) is 0 Å². The highest BCUT2D eigenvalue weighted by atomic mass is 19.4. The maximum absolute atomic E-state index is 15.4. The second-order valence-corrected chi connectivity index (χ2v) is 10.1. The summed E-state index contributed by atoms with van der Waals surface area (Å²) in [5, 5.41) is 4.39. The number of H-pyrrole nitrogens is 2. The second kappa shape index (κ2) is 7.39. The van der Waals surface area contributed by atoms with Crippen molar-refractivity contribution in [2.45, 2.75) is 42.7 Å². The number of aromatic nitrogens is 5. The lowest BCUT2D eigenvalue weighted by Crippen LogP contribution is -2.39. The molecule has 0 radical (unpaired) electrons. The number of benzene rings is 1. The van der Waals surface area contributed by atoms with E-state index in [1.165, 1.54) is 29.0 Å². The fourth-order valence-electron chi connectivity index (χ4n) is 5.72. The van der Waals surface area contributed by atoms with Crippen LogP contribution >= 0.6 is 0 Å². The molecule has 0 bridgehead atoms. The number of nitrogens with one attached hydrogen (secondary N) is 2. The molecule has 1 unspecified atom stereocenters. The quantitative estimate of drug-likeness (QED) is 0.397. The van der Waals surface area contributed by atoms with Gasteiger partial charge in [0.1, 0.15) is 12.4 Å². The Labute approximate surface area is 210 Å². The number of halogens is 4. The minimum absolute atomic E-state index is 0.119. The molecule has 3 aliphatic rings. The average Bonchev–Trinajstić information content (AvgIpc) is 3.75. The molecule has 38 heavy (non-hydrogen) atoms. The minimum atomic E-state index is -4.59. The Hall–Kier alpha value is -4.29. The van der Waals surface area contributed by atoms with Gasteiger partial charge in [-0.05, 0) is 60.4 Å². The Morgan fingerprint density at radius 2 is 1.84 bits per heavy atom. The number of imidazole rings is 1. The molecule has 2 fully saturated rings. The molecule has 1 spiro atoms. The van der Waals surface area contributed by atoms with Gasteiger partial charge in [-0.1, -0.05) is 0 Å². The van der Waals surface area contributed by atoms with Crippen LogP contribution in [0.1, 0.15) is 47.8 Å². The van der Waals surface area contributed by atoms with E-state index in [2.05, 4.69) is 20.1 Å². The molecule has 0 saturated heterocycles. The molecule has 7 rings (SSSR count). The van der Waals surface area contributed by atoms with Gasteiger partial charge in [0.25, 0.3) is 5.56 Å². The Bertz CT molecular complexity index is 1780. The van der Waals surface area contributed by atoms with Gasteiger partial charge in [-0.25, -0.2) is 18.7 Å². The van der Waals surface area contributed by atoms with E-state index in [4.69, 9.17) is 0 Å². The molecule has 2 atom stereocenters. The van der Waals surface area contributed by atoms with E-state index >= 15 is 4.39 Å². The van der Waals surface area contributed by atoms with Crippen molar-refractivity contribution in [2.24, 2.45) is 0 Å². The summed E-state index contributed by atoms with van der Waals surface area (Å²) < 4.78 is 56.8. The molecule has 1 aromatic carbocycles. The van der Waals surface area contributed by atoms with E-state index in [1.54, 1.807) is 12.3 Å². The lowest BCUT2D eigenvalue weighted by molar-refractivity contribution is -0.132. The van der Waals surface area contributed by atoms with Crippen LogP contribution < -0.4 is 16.1 Å². The molecule has 2 saturated carbocycles. The van der Waals surface area contributed by atoms with Gasteiger partial charge in [-0.2, -0.15) is 18.3 Å². The van der Waals surface area contributed by atoms with Gasteiger partial charge in [0, 0.05) is 29.8 Å². The Balaban J connectivity index is 1.29. The number of hydrogen-bond donors (Lipinski definition) is 2. The molecule has 1 aliphatic heterocycles. The molecule has 3 aromatic heterocycles. The lowest BCUT2D eigenvalue weighted by atomic mass is 9.94. The molecular formula is C25H18F4N6O3. The third kappa shape index (κ3) is 3.33. The lowest BCUT2D eigenvalue weighted by Gasteiger charge is -2.20. The van der Waals surface area contributed by atoms with E-state index in [9.17, 15) is 27.6 Å². The summed E-state index contributed by atoms with van der Waals surface area (Å²) >= 11 is 0. The zero-order valence-electron chi connectivity index (χ0n) is 19.5. The third-order valence-electron chi connectivity index (χ3n) is 7.74. The highest BCUT2D eigenvalue weighted by Gasteiger charge is 2.61. The Morgan fingerprint density at radius 3 is 2.55 bits per heavy atom. The summed E-state index contributed by atoms with van der Waals surface area (Å²) in [4.78, 5) is 46.3. The summed E-state index contributed by atoms with van der Waals surface area (Å²) in [5.41, 5.74) is -0.107. The van der Waals surface area contributed by atoms with Crippen molar-refractivity contribution >= 4 is 17.2 Å². The molecular weight excluding hydrogens is 508 g/mol. The first-order chi connectivity index (χ1) is 18.1. The van der Waals surface area contributed by atoms with Gasteiger partial charge in [-0.15, -0.1) is 0 Å². The number of rotatable bonds is 4. The summed E-state index contributed by atoms with van der Waals surface area (Å²) in [6.45, 7) is -1.42. The third-order valence-corrected chi connectivity index (χ3v) is 7.74. The number of anilines is 1. The minimum Gasteiger partial charge on any atom is -0.313 e. The predicted molar refractivity (Wildman–Crippen MR) is 125 cm³/mol. The van der Waals surface area contributed by atoms with E-state index in [0.29, 0.717) is 36.0 Å². The van der Waals surface area contributed by atoms with Crippen LogP contribution in [0.2, 0.25) is 0 Å². The number of amides is 1. The van der Waals surface area contributed by atoms with Crippen molar-refractivity contribution in [3.63, 3.8) is 0 Å². The van der Waals surface area contributed by atoms with Gasteiger partial charge in [-0.3, -0.25) is 14.6 Å². The van der Waals surface area contributed by atoms with Gasteiger partial charge >= 0.3 is 11.9 Å². The number of carbonyl (C=O) groups excluding carboxylic acids is 1. The van der Waals surface area contributed by atoms with Gasteiger partial charge in [0.2, 0.25) is 5.91 Å². The fourth-order valence-corrected chi connectivity index (χ4v) is 5.72. The highest BCUT2D eigenvalue weighted by molar-refractivity contribution is 6.10. The van der Waals surface area contributed by atoms with Gasteiger partial charge in [0.15, 0.2) is 5.65 Å². The van der Waals surface area contributed by atoms with Crippen molar-refractivity contribution in [3.05, 3.63) is 80.1 Å². The largest absolute Gasteiger partial charge is 0.406 e. The maximum atomic E-state index is 15.4. The first-order valence-corrected chi connectivity index (χ1v) is 11.9. The molecule has 2 aliphatic carbocycles. The van der Waals surface area contributed by atoms with Crippen LogP contribution in [-0.2, 0) is 10.2 Å². The first-order valence-electron chi connectivity index (χ1n) is 11.9. The predicted octanol–water partition coefficient (Wildman–Crippen LogP) is 3.12. The summed E-state index contributed by atoms with van der Waals surface area (Å²) in [6, 6.07) is 4.27. The molecule has 4 heterocycles. The fraction of sp³-hybridized carbons (Fsp3) is 0.320. The van der Waals surface area contributed by atoms with Crippen LogP contribution in [-0.4, -0.2) is 43.2 Å². The smallest absolute Gasteiger partial charge is 0.313 e. The van der Waals surface area contributed by atoms with Crippen molar-refractivity contribution < 1.29 is 22.4 Å².